The summed E-state index contributed by atoms with van der Waals surface area (Å²) in [6, 6.07) is 3.99. The van der Waals surface area contributed by atoms with Crippen molar-refractivity contribution < 1.29 is 28.2 Å². The van der Waals surface area contributed by atoms with Gasteiger partial charge in [-0.1, -0.05) is 12.1 Å². The van der Waals surface area contributed by atoms with Gasteiger partial charge in [0.1, 0.15) is 12.5 Å². The van der Waals surface area contributed by atoms with E-state index >= 15 is 0 Å². The minimum atomic E-state index is -1.61. The van der Waals surface area contributed by atoms with Crippen molar-refractivity contribution in [2.24, 2.45) is 0 Å². The molecule has 1 aromatic rings. The highest BCUT2D eigenvalue weighted by atomic mass is 19.1. The summed E-state index contributed by atoms with van der Waals surface area (Å²) in [6.07, 6.45) is 0.557. The molecule has 1 amide bonds. The Morgan fingerprint density at radius 1 is 1.36 bits per heavy atom. The molecule has 1 unspecified atom stereocenters. The quantitative estimate of drug-likeness (QED) is 0.862. The molecule has 0 aromatic heterocycles. The third kappa shape index (κ3) is 3.24. The fourth-order valence-electron chi connectivity index (χ4n) is 2.62. The highest BCUT2D eigenvalue weighted by molar-refractivity contribution is 5.91. The summed E-state index contributed by atoms with van der Waals surface area (Å²) < 4.78 is 31.5. The number of nitrogens with one attached hydrogen (secondary N) is 1. The van der Waals surface area contributed by atoms with Crippen LogP contribution in [0.1, 0.15) is 18.4 Å². The lowest BCUT2D eigenvalue weighted by atomic mass is 9.73. The zero-order valence-corrected chi connectivity index (χ0v) is 11.9. The van der Waals surface area contributed by atoms with E-state index in [2.05, 4.69) is 5.32 Å². The molecule has 0 aliphatic carbocycles. The minimum absolute atomic E-state index is 0.279. The van der Waals surface area contributed by atoms with Gasteiger partial charge in [0.15, 0.2) is 6.04 Å². The van der Waals surface area contributed by atoms with E-state index in [1.165, 1.54) is 18.2 Å². The van der Waals surface area contributed by atoms with E-state index < -0.39 is 35.8 Å². The molecular weight excluding hydrogens is 296 g/mol. The van der Waals surface area contributed by atoms with Crippen LogP contribution >= 0.6 is 0 Å². The van der Waals surface area contributed by atoms with Gasteiger partial charge in [0, 0.05) is 13.2 Å². The number of carboxylic acid groups (broad SMARTS) is 1. The summed E-state index contributed by atoms with van der Waals surface area (Å²) in [7, 11) is 0. The fourth-order valence-corrected chi connectivity index (χ4v) is 2.62. The molecule has 120 valence electrons. The number of rotatable bonds is 5. The topological polar surface area (TPSA) is 75.6 Å². The highest BCUT2D eigenvalue weighted by Crippen LogP contribution is 2.35. The summed E-state index contributed by atoms with van der Waals surface area (Å²) >= 11 is 0. The van der Waals surface area contributed by atoms with Crippen LogP contribution in [0.5, 0.6) is 0 Å². The molecule has 1 saturated heterocycles. The van der Waals surface area contributed by atoms with E-state index in [4.69, 9.17) is 9.84 Å². The van der Waals surface area contributed by atoms with Crippen LogP contribution in [0.4, 0.5) is 8.78 Å². The van der Waals surface area contributed by atoms with Gasteiger partial charge in [0.2, 0.25) is 5.91 Å². The van der Waals surface area contributed by atoms with Gasteiger partial charge in [-0.2, -0.15) is 0 Å². The van der Waals surface area contributed by atoms with Gasteiger partial charge < -0.3 is 15.2 Å². The predicted octanol–water partition coefficient (Wildman–Crippen LogP) is 1.41. The van der Waals surface area contributed by atoms with E-state index in [1.54, 1.807) is 6.07 Å². The number of aliphatic carboxylic acids is 1. The zero-order valence-electron chi connectivity index (χ0n) is 11.9. The lowest BCUT2D eigenvalue weighted by molar-refractivity contribution is -0.144. The number of carboxylic acids is 1. The molecule has 1 aliphatic rings. The van der Waals surface area contributed by atoms with E-state index in [0.717, 1.165) is 0 Å². The molecule has 22 heavy (non-hydrogen) atoms. The van der Waals surface area contributed by atoms with Crippen LogP contribution in [-0.2, 0) is 19.7 Å². The monoisotopic (exact) mass is 313 g/mol. The number of hydrogen-bond acceptors (Lipinski definition) is 3. The number of carbonyl (C=O) groups excluding carboxylic acids is 1. The summed E-state index contributed by atoms with van der Waals surface area (Å²) in [5, 5.41) is 11.1. The van der Waals surface area contributed by atoms with E-state index in [-0.39, 0.29) is 26.1 Å². The van der Waals surface area contributed by atoms with Crippen molar-refractivity contribution in [1.82, 2.24) is 5.32 Å². The third-order valence-electron chi connectivity index (χ3n) is 3.92. The van der Waals surface area contributed by atoms with Gasteiger partial charge in [0.05, 0.1) is 5.41 Å². The average Bonchev–Trinajstić information content (AvgIpc) is 2.52. The Labute approximate surface area is 126 Å². The lowest BCUT2D eigenvalue weighted by Gasteiger charge is -2.36. The molecular formula is C15H17F2NO4. The first-order valence-corrected chi connectivity index (χ1v) is 6.93. The maximum absolute atomic E-state index is 13.5. The molecule has 1 aromatic carbocycles. The molecule has 7 heteroatoms. The first-order chi connectivity index (χ1) is 10.5. The Hall–Kier alpha value is -2.02. The van der Waals surface area contributed by atoms with Crippen LogP contribution in [0.2, 0.25) is 0 Å². The van der Waals surface area contributed by atoms with Gasteiger partial charge >= 0.3 is 5.97 Å². The normalized spacial score (nSPS) is 18.5. The molecule has 1 atom stereocenters. The van der Waals surface area contributed by atoms with Crippen molar-refractivity contribution in [3.8, 4) is 0 Å². The Morgan fingerprint density at radius 3 is 2.59 bits per heavy atom. The second kappa shape index (κ2) is 6.83. The van der Waals surface area contributed by atoms with Crippen LogP contribution in [-0.4, -0.2) is 42.9 Å². The highest BCUT2D eigenvalue weighted by Gasteiger charge is 2.43. The third-order valence-corrected chi connectivity index (χ3v) is 3.92. The largest absolute Gasteiger partial charge is 0.480 e. The van der Waals surface area contributed by atoms with Crippen molar-refractivity contribution in [2.45, 2.75) is 24.3 Å². The van der Waals surface area contributed by atoms with E-state index in [1.807, 2.05) is 0 Å². The van der Waals surface area contributed by atoms with Gasteiger partial charge in [-0.05, 0) is 30.5 Å². The smallest absolute Gasteiger partial charge is 0.328 e. The Bertz CT molecular complexity index is 558. The number of benzene rings is 1. The first kappa shape index (κ1) is 16.4. The zero-order chi connectivity index (χ0) is 16.2. The maximum atomic E-state index is 13.5. The summed E-state index contributed by atoms with van der Waals surface area (Å²) in [4.78, 5) is 23.5. The molecule has 1 aliphatic heterocycles. The molecule has 0 spiro atoms. The Morgan fingerprint density at radius 2 is 2.05 bits per heavy atom. The molecule has 0 saturated carbocycles. The van der Waals surface area contributed by atoms with Gasteiger partial charge in [0.25, 0.3) is 0 Å². The minimum Gasteiger partial charge on any atom is -0.480 e. The van der Waals surface area contributed by atoms with Gasteiger partial charge in [-0.3, -0.25) is 4.79 Å². The molecule has 5 nitrogen and oxygen atoms in total. The van der Waals surface area contributed by atoms with E-state index in [0.29, 0.717) is 5.56 Å². The van der Waals surface area contributed by atoms with Gasteiger partial charge in [-0.25, -0.2) is 13.6 Å². The molecule has 0 radical (unpaired) electrons. The summed E-state index contributed by atoms with van der Waals surface area (Å²) in [5.74, 6) is -2.56. The fraction of sp³-hybridized carbons (Fsp3) is 0.467. The average molecular weight is 313 g/mol. The SMILES string of the molecule is O=C(O)C(CF)NC(=O)C1(c2cccc(F)c2)CCOCC1. The predicted molar refractivity (Wildman–Crippen MR) is 73.7 cm³/mol. The number of carbonyl (C=O) groups is 2. The molecule has 2 rings (SSSR count). The number of alkyl halides is 1. The van der Waals surface area contributed by atoms with Crippen molar-refractivity contribution in [2.75, 3.05) is 19.9 Å². The second-order valence-electron chi connectivity index (χ2n) is 5.22. The van der Waals surface area contributed by atoms with Crippen LogP contribution in [0, 0.1) is 5.82 Å². The van der Waals surface area contributed by atoms with Crippen molar-refractivity contribution in [1.29, 1.82) is 0 Å². The summed E-state index contributed by atoms with van der Waals surface area (Å²) in [5.41, 5.74) is -0.667. The second-order valence-corrected chi connectivity index (χ2v) is 5.22. The number of ether oxygens (including phenoxy) is 1. The van der Waals surface area contributed by atoms with Crippen LogP contribution in [0.15, 0.2) is 24.3 Å². The van der Waals surface area contributed by atoms with Crippen molar-refractivity contribution in [3.05, 3.63) is 35.6 Å². The van der Waals surface area contributed by atoms with Crippen LogP contribution < -0.4 is 5.32 Å². The molecule has 1 heterocycles. The molecule has 0 bridgehead atoms. The summed E-state index contributed by atoms with van der Waals surface area (Å²) in [6.45, 7) is -0.634. The van der Waals surface area contributed by atoms with E-state index in [9.17, 15) is 18.4 Å². The number of amides is 1. The lowest BCUT2D eigenvalue weighted by Crippen LogP contribution is -2.53. The number of halogens is 2. The first-order valence-electron chi connectivity index (χ1n) is 6.93. The van der Waals surface area contributed by atoms with Crippen molar-refractivity contribution >= 4 is 11.9 Å². The van der Waals surface area contributed by atoms with Crippen molar-refractivity contribution in [3.63, 3.8) is 0 Å². The Balaban J connectivity index is 2.33. The maximum Gasteiger partial charge on any atom is 0.328 e. The Kier molecular flexibility index (Phi) is 5.07. The van der Waals surface area contributed by atoms with Crippen LogP contribution in [0.3, 0.4) is 0 Å². The molecule has 2 N–H and O–H groups in total. The molecule has 1 fully saturated rings. The number of hydrogen-bond donors (Lipinski definition) is 2. The van der Waals surface area contributed by atoms with Crippen LogP contribution in [0.25, 0.3) is 0 Å². The van der Waals surface area contributed by atoms with Gasteiger partial charge in [-0.15, -0.1) is 0 Å². The standard InChI is InChI=1S/C15H17F2NO4/c16-9-12(13(19)20)18-14(21)15(4-6-22-7-5-15)10-2-1-3-11(17)8-10/h1-3,8,12H,4-7,9H2,(H,18,21)(H,19,20).